The molecule has 0 radical (unpaired) electrons. The molecule has 6 rings (SSSR count). The van der Waals surface area contributed by atoms with Gasteiger partial charge in [0, 0.05) is 41.4 Å². The largest absolute Gasteiger partial charge is 0.382 e. The number of nitrogens with one attached hydrogen (secondary N) is 2. The van der Waals surface area contributed by atoms with Gasteiger partial charge in [-0.15, -0.1) is 0 Å². The van der Waals surface area contributed by atoms with Crippen molar-refractivity contribution in [3.63, 3.8) is 0 Å². The average Bonchev–Trinajstić information content (AvgIpc) is 3.35. The number of carbonyl (C=O) groups excluding carboxylic acids is 1. The number of amides is 1. The van der Waals surface area contributed by atoms with E-state index in [1.165, 1.54) is 59.3 Å². The Balaban J connectivity index is 1.31. The van der Waals surface area contributed by atoms with Crippen LogP contribution < -0.4 is 21.9 Å². The van der Waals surface area contributed by atoms with Gasteiger partial charge in [0.15, 0.2) is 0 Å². The third-order valence-corrected chi connectivity index (χ3v) is 7.09. The monoisotopic (exact) mass is 541 g/mol. The fourth-order valence-corrected chi connectivity index (χ4v) is 5.10. The standard InChI is InChI=1S/C29H25F2N7O2/c30-18-3-6-20(7-4-18)37-14-1-2-22(29(37)40)28(39)35-19-5-8-21(23(31)16-19)24-25-26(32)34-13-15-38(25)27(36-24)17-9-11-33-12-10-17/h1-8,13-17,33H,9-12H2,(H2,32,34)(H,35,39). The molecule has 5 aromatic rings. The van der Waals surface area contributed by atoms with Crippen molar-refractivity contribution in [1.82, 2.24) is 24.3 Å². The number of fused-ring (bicyclic) bond motifs is 1. The molecule has 202 valence electrons. The first-order valence-corrected chi connectivity index (χ1v) is 12.8. The number of nitrogens with zero attached hydrogens (tertiary/aromatic N) is 4. The van der Waals surface area contributed by atoms with Crippen LogP contribution in [0.3, 0.4) is 0 Å². The second-order valence-corrected chi connectivity index (χ2v) is 9.60. The van der Waals surface area contributed by atoms with Gasteiger partial charge in [-0.3, -0.25) is 18.6 Å². The number of rotatable bonds is 5. The Kier molecular flexibility index (Phi) is 6.56. The zero-order valence-corrected chi connectivity index (χ0v) is 21.3. The van der Waals surface area contributed by atoms with Crippen molar-refractivity contribution in [3.8, 4) is 16.9 Å². The number of imidazole rings is 1. The molecule has 0 atom stereocenters. The number of carbonyl (C=O) groups is 1. The molecule has 4 N–H and O–H groups in total. The van der Waals surface area contributed by atoms with Crippen molar-refractivity contribution in [2.24, 2.45) is 0 Å². The van der Waals surface area contributed by atoms with Crippen LogP contribution in [0, 0.1) is 11.6 Å². The zero-order chi connectivity index (χ0) is 27.8. The maximum Gasteiger partial charge on any atom is 0.267 e. The van der Waals surface area contributed by atoms with Crippen LogP contribution >= 0.6 is 0 Å². The normalized spacial score (nSPS) is 13.9. The summed E-state index contributed by atoms with van der Waals surface area (Å²) >= 11 is 0. The van der Waals surface area contributed by atoms with Crippen LogP contribution in [0.1, 0.15) is 34.9 Å². The first kappa shape index (κ1) is 25.4. The summed E-state index contributed by atoms with van der Waals surface area (Å²) in [6, 6.07) is 12.5. The summed E-state index contributed by atoms with van der Waals surface area (Å²) in [5, 5.41) is 5.93. The Morgan fingerprint density at radius 2 is 1.82 bits per heavy atom. The van der Waals surface area contributed by atoms with Crippen LogP contribution in [0.2, 0.25) is 0 Å². The Morgan fingerprint density at radius 1 is 1.05 bits per heavy atom. The van der Waals surface area contributed by atoms with Gasteiger partial charge < -0.3 is 16.4 Å². The number of anilines is 2. The van der Waals surface area contributed by atoms with E-state index in [9.17, 15) is 14.0 Å². The Hall–Kier alpha value is -4.90. The van der Waals surface area contributed by atoms with Gasteiger partial charge in [-0.1, -0.05) is 0 Å². The van der Waals surface area contributed by atoms with Gasteiger partial charge in [0.25, 0.3) is 11.5 Å². The number of piperidine rings is 1. The minimum atomic E-state index is -0.706. The minimum Gasteiger partial charge on any atom is -0.382 e. The molecule has 1 saturated heterocycles. The molecule has 0 unspecified atom stereocenters. The number of aromatic nitrogens is 4. The Labute approximate surface area is 227 Å². The van der Waals surface area contributed by atoms with Crippen LogP contribution in [0.15, 0.2) is 78.0 Å². The molecule has 1 fully saturated rings. The lowest BCUT2D eigenvalue weighted by Crippen LogP contribution is -2.27. The molecule has 0 saturated carbocycles. The highest BCUT2D eigenvalue weighted by atomic mass is 19.1. The topological polar surface area (TPSA) is 119 Å². The molecule has 1 aliphatic rings. The lowest BCUT2D eigenvalue weighted by molar-refractivity contribution is 0.102. The molecule has 2 aromatic carbocycles. The van der Waals surface area contributed by atoms with Crippen molar-refractivity contribution in [3.05, 3.63) is 107 Å². The minimum absolute atomic E-state index is 0.151. The first-order chi connectivity index (χ1) is 19.4. The van der Waals surface area contributed by atoms with E-state index in [0.29, 0.717) is 16.9 Å². The van der Waals surface area contributed by atoms with E-state index >= 15 is 4.39 Å². The van der Waals surface area contributed by atoms with E-state index in [-0.39, 0.29) is 28.6 Å². The van der Waals surface area contributed by atoms with Crippen LogP contribution in [0.4, 0.5) is 20.3 Å². The van der Waals surface area contributed by atoms with E-state index in [0.717, 1.165) is 31.8 Å². The third kappa shape index (κ3) is 4.60. The van der Waals surface area contributed by atoms with Gasteiger partial charge in [0.1, 0.15) is 40.1 Å². The quantitative estimate of drug-likeness (QED) is 0.308. The van der Waals surface area contributed by atoms with Crippen molar-refractivity contribution in [2.45, 2.75) is 18.8 Å². The van der Waals surface area contributed by atoms with E-state index in [4.69, 9.17) is 10.7 Å². The van der Waals surface area contributed by atoms with Crippen LogP contribution in [0.25, 0.3) is 22.5 Å². The lowest BCUT2D eigenvalue weighted by atomic mass is 9.97. The predicted octanol–water partition coefficient (Wildman–Crippen LogP) is 4.13. The molecule has 1 aliphatic heterocycles. The molecular formula is C29H25F2N7O2. The van der Waals surface area contributed by atoms with Crippen LogP contribution in [0.5, 0.6) is 0 Å². The fourth-order valence-electron chi connectivity index (χ4n) is 5.10. The maximum absolute atomic E-state index is 15.5. The second-order valence-electron chi connectivity index (χ2n) is 9.60. The first-order valence-electron chi connectivity index (χ1n) is 12.8. The average molecular weight is 542 g/mol. The number of benzene rings is 2. The van der Waals surface area contributed by atoms with Crippen molar-refractivity contribution < 1.29 is 13.6 Å². The highest BCUT2D eigenvalue weighted by molar-refractivity contribution is 6.04. The molecule has 1 amide bonds. The maximum atomic E-state index is 15.5. The number of nitrogen functional groups attached to an aromatic ring is 1. The van der Waals surface area contributed by atoms with Gasteiger partial charge in [-0.2, -0.15) is 0 Å². The number of pyridine rings is 1. The van der Waals surface area contributed by atoms with Gasteiger partial charge >= 0.3 is 0 Å². The molecule has 9 nitrogen and oxygen atoms in total. The van der Waals surface area contributed by atoms with Gasteiger partial charge in [0.2, 0.25) is 0 Å². The van der Waals surface area contributed by atoms with E-state index in [2.05, 4.69) is 15.6 Å². The second kappa shape index (κ2) is 10.3. The molecule has 4 heterocycles. The summed E-state index contributed by atoms with van der Waals surface area (Å²) in [6.45, 7) is 1.74. The zero-order valence-electron chi connectivity index (χ0n) is 21.3. The number of nitrogens with two attached hydrogens (primary N) is 1. The van der Waals surface area contributed by atoms with Gasteiger partial charge in [-0.25, -0.2) is 18.7 Å². The summed E-state index contributed by atoms with van der Waals surface area (Å²) in [5.41, 5.74) is 7.15. The van der Waals surface area contributed by atoms with E-state index in [1.54, 1.807) is 18.5 Å². The van der Waals surface area contributed by atoms with Crippen LogP contribution in [-0.2, 0) is 0 Å². The summed E-state index contributed by atoms with van der Waals surface area (Å²) in [4.78, 5) is 35.0. The smallest absolute Gasteiger partial charge is 0.267 e. The molecule has 11 heteroatoms. The summed E-state index contributed by atoms with van der Waals surface area (Å²) in [5.74, 6) is -0.531. The lowest BCUT2D eigenvalue weighted by Gasteiger charge is -2.21. The molecule has 0 bridgehead atoms. The van der Waals surface area contributed by atoms with Gasteiger partial charge in [-0.05, 0) is 80.5 Å². The van der Waals surface area contributed by atoms with Crippen molar-refractivity contribution in [1.29, 1.82) is 0 Å². The molecule has 0 aliphatic carbocycles. The SMILES string of the molecule is Nc1nccn2c(C3CCNCC3)nc(-c3ccc(NC(=O)c4cccn(-c5ccc(F)cc5)c4=O)cc3F)c12. The van der Waals surface area contributed by atoms with E-state index < -0.39 is 23.1 Å². The highest BCUT2D eigenvalue weighted by Crippen LogP contribution is 2.35. The summed E-state index contributed by atoms with van der Waals surface area (Å²) < 4.78 is 32.0. The Morgan fingerprint density at radius 3 is 2.58 bits per heavy atom. The van der Waals surface area contributed by atoms with Crippen molar-refractivity contribution >= 4 is 22.9 Å². The Bertz CT molecular complexity index is 1790. The molecule has 0 spiro atoms. The van der Waals surface area contributed by atoms with Crippen molar-refractivity contribution in [2.75, 3.05) is 24.1 Å². The fraction of sp³-hybridized carbons (Fsp3) is 0.172. The number of hydrogen-bond donors (Lipinski definition) is 3. The highest BCUT2D eigenvalue weighted by Gasteiger charge is 2.25. The van der Waals surface area contributed by atoms with E-state index in [1.807, 2.05) is 4.40 Å². The molecular weight excluding hydrogens is 516 g/mol. The van der Waals surface area contributed by atoms with Crippen LogP contribution in [-0.4, -0.2) is 37.9 Å². The number of halogens is 2. The summed E-state index contributed by atoms with van der Waals surface area (Å²) in [6.07, 6.45) is 6.66. The molecule has 40 heavy (non-hydrogen) atoms. The van der Waals surface area contributed by atoms with Gasteiger partial charge in [0.05, 0.1) is 0 Å². The molecule has 3 aromatic heterocycles. The predicted molar refractivity (Wildman–Crippen MR) is 148 cm³/mol. The summed E-state index contributed by atoms with van der Waals surface area (Å²) in [7, 11) is 0. The number of hydrogen-bond acceptors (Lipinski definition) is 6. The third-order valence-electron chi connectivity index (χ3n) is 7.09.